The van der Waals surface area contributed by atoms with Crippen LogP contribution >= 0.6 is 0 Å². The molecule has 140 valence electrons. The predicted octanol–water partition coefficient (Wildman–Crippen LogP) is 0.979. The van der Waals surface area contributed by atoms with E-state index in [1.165, 1.54) is 22.7 Å². The van der Waals surface area contributed by atoms with E-state index in [1.807, 2.05) is 12.1 Å². The highest BCUT2D eigenvalue weighted by molar-refractivity contribution is 5.49. The van der Waals surface area contributed by atoms with Gasteiger partial charge in [-0.3, -0.25) is 0 Å². The Labute approximate surface area is 153 Å². The molecule has 26 heavy (non-hydrogen) atoms. The van der Waals surface area contributed by atoms with Crippen molar-refractivity contribution in [1.82, 2.24) is 0 Å². The predicted molar refractivity (Wildman–Crippen MR) is 98.7 cm³/mol. The smallest absolute Gasteiger partial charge is 0.137 e. The number of hydrogen-bond donors (Lipinski definition) is 2. The second kappa shape index (κ2) is 8.87. The minimum absolute atomic E-state index is 0.220. The Hall–Kier alpha value is -2.31. The van der Waals surface area contributed by atoms with Gasteiger partial charge in [-0.05, 0) is 48.5 Å². The average molecular weight is 361 g/mol. The number of rotatable bonds is 7. The number of methoxy groups -OCH3 is 1. The molecule has 0 saturated carbocycles. The fourth-order valence-electron chi connectivity index (χ4n) is 3.19. The average Bonchev–Trinajstić information content (AvgIpc) is 2.68. The number of anilines is 1. The normalized spacial score (nSPS) is 16.3. The summed E-state index contributed by atoms with van der Waals surface area (Å²) in [6.45, 7) is 4.72. The van der Waals surface area contributed by atoms with Gasteiger partial charge in [-0.1, -0.05) is 0 Å². The summed E-state index contributed by atoms with van der Waals surface area (Å²) in [5.41, 5.74) is 1.20. The summed E-state index contributed by atoms with van der Waals surface area (Å²) in [5, 5.41) is 10.2. The van der Waals surface area contributed by atoms with Crippen molar-refractivity contribution in [1.29, 1.82) is 0 Å². The standard InChI is InChI=1S/C20H25FN2O3/c1-25-19-8-4-17(5-9-19)23-12-10-22(11-13-23)14-18(24)15-26-20-6-2-16(21)3-7-20/h2-9,18,24H,10-15H2,1H3/p+1/t18-/m1/s1. The highest BCUT2D eigenvalue weighted by atomic mass is 19.1. The minimum Gasteiger partial charge on any atom is -0.497 e. The first kappa shape index (κ1) is 18.5. The van der Waals surface area contributed by atoms with Crippen LogP contribution in [0.2, 0.25) is 0 Å². The van der Waals surface area contributed by atoms with Gasteiger partial charge in [0.05, 0.1) is 33.3 Å². The van der Waals surface area contributed by atoms with Gasteiger partial charge in [-0.25, -0.2) is 4.39 Å². The molecule has 0 aliphatic carbocycles. The summed E-state index contributed by atoms with van der Waals surface area (Å²) in [6, 6.07) is 14.0. The third kappa shape index (κ3) is 5.09. The molecule has 1 aliphatic heterocycles. The van der Waals surface area contributed by atoms with Gasteiger partial charge < -0.3 is 24.4 Å². The maximum Gasteiger partial charge on any atom is 0.137 e. The number of halogens is 1. The SMILES string of the molecule is COc1ccc(N2CC[NH+](C[C@@H](O)COc3ccc(F)cc3)CC2)cc1. The van der Waals surface area contributed by atoms with Gasteiger partial charge in [0, 0.05) is 5.69 Å². The van der Waals surface area contributed by atoms with Crippen LogP contribution in [0, 0.1) is 5.82 Å². The van der Waals surface area contributed by atoms with E-state index in [2.05, 4.69) is 17.0 Å². The molecule has 0 radical (unpaired) electrons. The molecular formula is C20H26FN2O3+. The largest absolute Gasteiger partial charge is 0.497 e. The Kier molecular flexibility index (Phi) is 6.30. The molecule has 0 amide bonds. The van der Waals surface area contributed by atoms with Crippen molar-refractivity contribution in [2.24, 2.45) is 0 Å². The molecule has 0 unspecified atom stereocenters. The van der Waals surface area contributed by atoms with Crippen molar-refractivity contribution in [3.05, 3.63) is 54.3 Å². The van der Waals surface area contributed by atoms with Crippen molar-refractivity contribution < 1.29 is 23.9 Å². The zero-order chi connectivity index (χ0) is 18.4. The first-order valence-electron chi connectivity index (χ1n) is 8.93. The first-order chi connectivity index (χ1) is 12.6. The number of hydrogen-bond acceptors (Lipinski definition) is 4. The van der Waals surface area contributed by atoms with Crippen molar-refractivity contribution in [3.8, 4) is 11.5 Å². The third-order valence-corrected chi connectivity index (χ3v) is 4.69. The molecule has 1 saturated heterocycles. The maximum absolute atomic E-state index is 12.9. The Morgan fingerprint density at radius 1 is 1.04 bits per heavy atom. The van der Waals surface area contributed by atoms with Crippen LogP contribution in [0.4, 0.5) is 10.1 Å². The van der Waals surface area contributed by atoms with Crippen molar-refractivity contribution in [2.75, 3.05) is 51.3 Å². The van der Waals surface area contributed by atoms with E-state index in [-0.39, 0.29) is 12.4 Å². The van der Waals surface area contributed by atoms with Crippen LogP contribution in [0.1, 0.15) is 0 Å². The highest BCUT2D eigenvalue weighted by Gasteiger charge is 2.22. The number of ether oxygens (including phenoxy) is 2. The second-order valence-corrected chi connectivity index (χ2v) is 6.56. The lowest BCUT2D eigenvalue weighted by molar-refractivity contribution is -0.903. The molecule has 6 heteroatoms. The van der Waals surface area contributed by atoms with Gasteiger partial charge in [0.2, 0.25) is 0 Å². The molecule has 5 nitrogen and oxygen atoms in total. The summed E-state index contributed by atoms with van der Waals surface area (Å²) >= 11 is 0. The lowest BCUT2D eigenvalue weighted by Crippen LogP contribution is -3.16. The number of quaternary nitrogens is 1. The molecule has 0 spiro atoms. The fraction of sp³-hybridized carbons (Fsp3) is 0.400. The molecule has 0 bridgehead atoms. The molecule has 2 N–H and O–H groups in total. The lowest BCUT2D eigenvalue weighted by Gasteiger charge is -2.34. The van der Waals surface area contributed by atoms with E-state index in [0.29, 0.717) is 12.3 Å². The van der Waals surface area contributed by atoms with Gasteiger partial charge in [0.15, 0.2) is 0 Å². The number of aliphatic hydroxyl groups is 1. The number of benzene rings is 2. The Bertz CT molecular complexity index is 670. The van der Waals surface area contributed by atoms with Gasteiger partial charge in [-0.2, -0.15) is 0 Å². The first-order valence-corrected chi connectivity index (χ1v) is 8.93. The molecule has 0 aromatic heterocycles. The molecule has 3 rings (SSSR count). The van der Waals surface area contributed by atoms with Crippen LogP contribution in [0.15, 0.2) is 48.5 Å². The molecule has 1 aliphatic rings. The molecule has 2 aromatic rings. The Morgan fingerprint density at radius 3 is 2.27 bits per heavy atom. The lowest BCUT2D eigenvalue weighted by atomic mass is 10.2. The molecule has 1 atom stereocenters. The molecule has 2 aromatic carbocycles. The van der Waals surface area contributed by atoms with Crippen molar-refractivity contribution in [3.63, 3.8) is 0 Å². The van der Waals surface area contributed by atoms with Crippen LogP contribution in [0.5, 0.6) is 11.5 Å². The number of aliphatic hydroxyl groups excluding tert-OH is 1. The van der Waals surface area contributed by atoms with E-state index in [1.54, 1.807) is 19.2 Å². The zero-order valence-electron chi connectivity index (χ0n) is 15.0. The van der Waals surface area contributed by atoms with Gasteiger partial charge in [0.25, 0.3) is 0 Å². The van der Waals surface area contributed by atoms with Gasteiger partial charge >= 0.3 is 0 Å². The summed E-state index contributed by atoms with van der Waals surface area (Å²) in [7, 11) is 1.67. The number of piperazine rings is 1. The topological polar surface area (TPSA) is 46.4 Å². The quantitative estimate of drug-likeness (QED) is 0.772. The van der Waals surface area contributed by atoms with Crippen LogP contribution in [-0.4, -0.2) is 57.7 Å². The van der Waals surface area contributed by atoms with Crippen LogP contribution in [0.25, 0.3) is 0 Å². The van der Waals surface area contributed by atoms with E-state index in [9.17, 15) is 9.50 Å². The van der Waals surface area contributed by atoms with E-state index < -0.39 is 6.10 Å². The van der Waals surface area contributed by atoms with E-state index >= 15 is 0 Å². The minimum atomic E-state index is -0.539. The van der Waals surface area contributed by atoms with Crippen LogP contribution < -0.4 is 19.3 Å². The van der Waals surface area contributed by atoms with E-state index in [0.717, 1.165) is 31.9 Å². The Balaban J connectivity index is 1.40. The number of nitrogens with one attached hydrogen (secondary N) is 1. The maximum atomic E-state index is 12.9. The van der Waals surface area contributed by atoms with Crippen molar-refractivity contribution in [2.45, 2.75) is 6.10 Å². The van der Waals surface area contributed by atoms with Crippen molar-refractivity contribution >= 4 is 5.69 Å². The molecular weight excluding hydrogens is 335 g/mol. The van der Waals surface area contributed by atoms with Crippen LogP contribution in [0.3, 0.4) is 0 Å². The number of nitrogens with zero attached hydrogens (tertiary/aromatic N) is 1. The molecule has 1 fully saturated rings. The third-order valence-electron chi connectivity index (χ3n) is 4.69. The summed E-state index contributed by atoms with van der Waals surface area (Å²) in [4.78, 5) is 3.72. The zero-order valence-corrected chi connectivity index (χ0v) is 15.0. The summed E-state index contributed by atoms with van der Waals surface area (Å²) < 4.78 is 23.6. The summed E-state index contributed by atoms with van der Waals surface area (Å²) in [5.74, 6) is 1.14. The monoisotopic (exact) mass is 361 g/mol. The van der Waals surface area contributed by atoms with Crippen LogP contribution in [-0.2, 0) is 0 Å². The van der Waals surface area contributed by atoms with Gasteiger partial charge in [-0.15, -0.1) is 0 Å². The van der Waals surface area contributed by atoms with E-state index in [4.69, 9.17) is 9.47 Å². The Morgan fingerprint density at radius 2 is 1.65 bits per heavy atom. The second-order valence-electron chi connectivity index (χ2n) is 6.56. The van der Waals surface area contributed by atoms with Gasteiger partial charge in [0.1, 0.15) is 36.6 Å². The summed E-state index contributed by atoms with van der Waals surface area (Å²) in [6.07, 6.45) is -0.539. The highest BCUT2D eigenvalue weighted by Crippen LogP contribution is 2.19. The molecule has 1 heterocycles. The fourth-order valence-corrected chi connectivity index (χ4v) is 3.19.